The number of para-hydroxylation sites is 1. The van der Waals surface area contributed by atoms with E-state index in [1.807, 2.05) is 48.5 Å². The number of rotatable bonds is 7. The van der Waals surface area contributed by atoms with Crippen molar-refractivity contribution >= 4 is 21.7 Å². The molecule has 0 radical (unpaired) electrons. The largest absolute Gasteiger partial charge is 0.370 e. The molecule has 0 heterocycles. The predicted octanol–water partition coefficient (Wildman–Crippen LogP) is 2.44. The molecule has 4 N–H and O–H groups in total. The van der Waals surface area contributed by atoms with Crippen molar-refractivity contribution in [2.75, 3.05) is 5.32 Å². The molecule has 2 aromatic carbocycles. The van der Waals surface area contributed by atoms with Crippen LogP contribution in [0.3, 0.4) is 0 Å². The van der Waals surface area contributed by atoms with Crippen molar-refractivity contribution in [1.29, 1.82) is 0 Å². The van der Waals surface area contributed by atoms with Gasteiger partial charge in [0.15, 0.2) is 5.96 Å². The van der Waals surface area contributed by atoms with E-state index >= 15 is 0 Å². The van der Waals surface area contributed by atoms with Crippen LogP contribution in [0.2, 0.25) is 0 Å². The summed E-state index contributed by atoms with van der Waals surface area (Å²) in [5.41, 5.74) is 8.30. The number of sulfonamides is 1. The van der Waals surface area contributed by atoms with E-state index in [2.05, 4.69) is 15.0 Å². The summed E-state index contributed by atoms with van der Waals surface area (Å²) in [5, 5.41) is 3.00. The van der Waals surface area contributed by atoms with Crippen molar-refractivity contribution in [2.45, 2.75) is 32.2 Å². The van der Waals surface area contributed by atoms with Crippen LogP contribution in [0.5, 0.6) is 0 Å². The molecule has 134 valence electrons. The Hall–Kier alpha value is -2.38. The van der Waals surface area contributed by atoms with Gasteiger partial charge in [0.2, 0.25) is 10.0 Å². The van der Waals surface area contributed by atoms with Gasteiger partial charge in [-0.3, -0.25) is 0 Å². The zero-order chi connectivity index (χ0) is 18.3. The van der Waals surface area contributed by atoms with Crippen LogP contribution in [0.4, 0.5) is 5.69 Å². The lowest BCUT2D eigenvalue weighted by atomic mass is 10.1. The second kappa shape index (κ2) is 8.64. The van der Waals surface area contributed by atoms with E-state index in [0.717, 1.165) is 11.3 Å². The Morgan fingerprint density at radius 2 is 1.64 bits per heavy atom. The maximum absolute atomic E-state index is 12.2. The standard InChI is InChI=1S/C18H24N4O2S/c1-14(2)22-25(23,24)13-16-9-7-6-8-15(16)12-20-18(19)21-17-10-4-3-5-11-17/h3-11,14,22H,12-13H2,1-2H3,(H3,19,20,21). The monoisotopic (exact) mass is 360 g/mol. The Morgan fingerprint density at radius 3 is 2.28 bits per heavy atom. The van der Waals surface area contributed by atoms with Crippen molar-refractivity contribution < 1.29 is 8.42 Å². The first-order valence-corrected chi connectivity index (χ1v) is 9.70. The highest BCUT2D eigenvalue weighted by Gasteiger charge is 2.15. The fourth-order valence-electron chi connectivity index (χ4n) is 2.34. The van der Waals surface area contributed by atoms with Gasteiger partial charge in [-0.15, -0.1) is 0 Å². The first kappa shape index (κ1) is 19.0. The first-order valence-electron chi connectivity index (χ1n) is 8.04. The molecular weight excluding hydrogens is 336 g/mol. The summed E-state index contributed by atoms with van der Waals surface area (Å²) in [7, 11) is -3.39. The summed E-state index contributed by atoms with van der Waals surface area (Å²) in [6.45, 7) is 3.90. The fourth-order valence-corrected chi connectivity index (χ4v) is 3.83. The molecule has 0 bridgehead atoms. The number of hydrogen-bond donors (Lipinski definition) is 3. The van der Waals surface area contributed by atoms with E-state index in [1.54, 1.807) is 19.9 Å². The van der Waals surface area contributed by atoms with Crippen LogP contribution < -0.4 is 15.8 Å². The lowest BCUT2D eigenvalue weighted by Gasteiger charge is -2.12. The highest BCUT2D eigenvalue weighted by Crippen LogP contribution is 2.14. The summed E-state index contributed by atoms with van der Waals surface area (Å²) in [6, 6.07) is 16.7. The van der Waals surface area contributed by atoms with Gasteiger partial charge in [-0.25, -0.2) is 18.1 Å². The van der Waals surface area contributed by atoms with E-state index in [0.29, 0.717) is 12.1 Å². The zero-order valence-electron chi connectivity index (χ0n) is 14.4. The number of aliphatic imine (C=N–C) groups is 1. The Labute approximate surface area is 149 Å². The smallest absolute Gasteiger partial charge is 0.216 e. The van der Waals surface area contributed by atoms with Gasteiger partial charge in [0.25, 0.3) is 0 Å². The molecule has 0 aromatic heterocycles. The highest BCUT2D eigenvalue weighted by atomic mass is 32.2. The molecule has 25 heavy (non-hydrogen) atoms. The van der Waals surface area contributed by atoms with Crippen LogP contribution >= 0.6 is 0 Å². The maximum atomic E-state index is 12.2. The molecule has 0 atom stereocenters. The topological polar surface area (TPSA) is 96.6 Å². The van der Waals surface area contributed by atoms with E-state index in [4.69, 9.17) is 5.73 Å². The van der Waals surface area contributed by atoms with Crippen molar-refractivity contribution in [3.8, 4) is 0 Å². The molecule has 0 aliphatic rings. The predicted molar refractivity (Wildman–Crippen MR) is 103 cm³/mol. The Morgan fingerprint density at radius 1 is 1.04 bits per heavy atom. The number of anilines is 1. The normalized spacial score (nSPS) is 12.4. The Balaban J connectivity index is 2.09. The van der Waals surface area contributed by atoms with Crippen LogP contribution in [0.1, 0.15) is 25.0 Å². The van der Waals surface area contributed by atoms with E-state index < -0.39 is 10.0 Å². The Kier molecular flexibility index (Phi) is 6.55. The lowest BCUT2D eigenvalue weighted by molar-refractivity contribution is 0.569. The number of guanidine groups is 1. The fraction of sp³-hybridized carbons (Fsp3) is 0.278. The number of hydrogen-bond acceptors (Lipinski definition) is 3. The number of nitrogens with one attached hydrogen (secondary N) is 2. The van der Waals surface area contributed by atoms with Crippen LogP contribution in [0.15, 0.2) is 59.6 Å². The summed E-state index contributed by atoms with van der Waals surface area (Å²) in [4.78, 5) is 4.31. The third kappa shape index (κ3) is 6.56. The molecule has 2 rings (SSSR count). The lowest BCUT2D eigenvalue weighted by Crippen LogP contribution is -2.31. The molecule has 0 saturated carbocycles. The van der Waals surface area contributed by atoms with E-state index in [9.17, 15) is 8.42 Å². The molecule has 0 unspecified atom stereocenters. The van der Waals surface area contributed by atoms with Gasteiger partial charge in [-0.1, -0.05) is 42.5 Å². The molecular formula is C18H24N4O2S. The van der Waals surface area contributed by atoms with Crippen LogP contribution in [0.25, 0.3) is 0 Å². The third-order valence-electron chi connectivity index (χ3n) is 3.35. The Bertz CT molecular complexity index is 818. The van der Waals surface area contributed by atoms with Crippen LogP contribution in [-0.4, -0.2) is 20.4 Å². The van der Waals surface area contributed by atoms with Gasteiger partial charge in [0, 0.05) is 11.7 Å². The highest BCUT2D eigenvalue weighted by molar-refractivity contribution is 7.88. The molecule has 2 aromatic rings. The quantitative estimate of drug-likeness (QED) is 0.522. The maximum Gasteiger partial charge on any atom is 0.216 e. The van der Waals surface area contributed by atoms with Gasteiger partial charge in [0.1, 0.15) is 0 Å². The van der Waals surface area contributed by atoms with Gasteiger partial charge < -0.3 is 11.1 Å². The summed E-state index contributed by atoms with van der Waals surface area (Å²) in [6.07, 6.45) is 0. The molecule has 7 heteroatoms. The van der Waals surface area contributed by atoms with Crippen molar-refractivity contribution in [1.82, 2.24) is 4.72 Å². The molecule has 0 amide bonds. The van der Waals surface area contributed by atoms with Gasteiger partial charge in [-0.2, -0.15) is 0 Å². The SMILES string of the molecule is CC(C)NS(=O)(=O)Cc1ccccc1CN=C(N)Nc1ccccc1. The average Bonchev–Trinajstić information content (AvgIpc) is 2.53. The summed E-state index contributed by atoms with van der Waals surface area (Å²) >= 11 is 0. The second-order valence-electron chi connectivity index (χ2n) is 5.99. The van der Waals surface area contributed by atoms with Crippen LogP contribution in [0, 0.1) is 0 Å². The molecule has 0 fully saturated rings. The van der Waals surface area contributed by atoms with E-state index in [1.165, 1.54) is 0 Å². The van der Waals surface area contributed by atoms with Gasteiger partial charge in [-0.05, 0) is 37.1 Å². The minimum atomic E-state index is -3.39. The van der Waals surface area contributed by atoms with Gasteiger partial charge >= 0.3 is 0 Å². The van der Waals surface area contributed by atoms with Crippen molar-refractivity contribution in [3.05, 3.63) is 65.7 Å². The van der Waals surface area contributed by atoms with Gasteiger partial charge in [0.05, 0.1) is 12.3 Å². The molecule has 6 nitrogen and oxygen atoms in total. The van der Waals surface area contributed by atoms with Crippen LogP contribution in [-0.2, 0) is 22.3 Å². The van der Waals surface area contributed by atoms with Crippen molar-refractivity contribution in [3.63, 3.8) is 0 Å². The molecule has 0 spiro atoms. The van der Waals surface area contributed by atoms with Crippen molar-refractivity contribution in [2.24, 2.45) is 10.7 Å². The second-order valence-corrected chi connectivity index (χ2v) is 7.75. The number of nitrogens with zero attached hydrogens (tertiary/aromatic N) is 1. The third-order valence-corrected chi connectivity index (χ3v) is 4.87. The summed E-state index contributed by atoms with van der Waals surface area (Å²) < 4.78 is 26.9. The molecule has 0 aliphatic heterocycles. The average molecular weight is 360 g/mol. The van der Waals surface area contributed by atoms with E-state index in [-0.39, 0.29) is 17.8 Å². The summed E-state index contributed by atoms with van der Waals surface area (Å²) in [5.74, 6) is 0.201. The minimum Gasteiger partial charge on any atom is -0.370 e. The zero-order valence-corrected chi connectivity index (χ0v) is 15.3. The molecule has 0 saturated heterocycles. The number of benzene rings is 2. The first-order chi connectivity index (χ1) is 11.9. The molecule has 0 aliphatic carbocycles. The minimum absolute atomic E-state index is 0.0805. The number of nitrogens with two attached hydrogens (primary N) is 1.